The van der Waals surface area contributed by atoms with Gasteiger partial charge in [-0.15, -0.1) is 0 Å². The van der Waals surface area contributed by atoms with Gasteiger partial charge < -0.3 is 9.47 Å². The molecule has 0 fully saturated rings. The zero-order chi connectivity index (χ0) is 18.1. The smallest absolute Gasteiger partial charge is 0.253 e. The fraction of sp³-hybridized carbons (Fsp3) is 0.0476. The molecule has 26 heavy (non-hydrogen) atoms. The number of aromatic nitrogens is 1. The zero-order valence-electron chi connectivity index (χ0n) is 13.9. The van der Waals surface area contributed by atoms with E-state index in [1.54, 1.807) is 25.4 Å². The molecular weight excluding hydrogens is 350 g/mol. The first kappa shape index (κ1) is 16.4. The van der Waals surface area contributed by atoms with E-state index in [0.29, 0.717) is 17.1 Å². The van der Waals surface area contributed by atoms with Crippen LogP contribution in [0.3, 0.4) is 0 Å². The summed E-state index contributed by atoms with van der Waals surface area (Å²) in [6.45, 7) is 0. The molecule has 4 aromatic rings. The number of carbonyl (C=O) groups excluding carboxylic acids is 1. The Bertz CT molecular complexity index is 1140. The number of ether oxygens (including phenoxy) is 2. The molecule has 4 rings (SSSR count). The molecule has 5 heteroatoms. The standard InChI is InChI=1S/C21H14ClNO3/c1-25-14-5-8-18-19(12-14)23-10-9-20(18)26-15-6-7-16-13(11-15)3-2-4-17(16)21(22)24/h2-12H,1H3. The molecule has 0 saturated heterocycles. The third-order valence-corrected chi connectivity index (χ3v) is 4.40. The number of halogens is 1. The monoisotopic (exact) mass is 363 g/mol. The van der Waals surface area contributed by atoms with Crippen molar-refractivity contribution in [3.63, 3.8) is 0 Å². The summed E-state index contributed by atoms with van der Waals surface area (Å²) in [6, 6.07) is 18.4. The Hall–Kier alpha value is -3.11. The van der Waals surface area contributed by atoms with Gasteiger partial charge in [0, 0.05) is 23.2 Å². The van der Waals surface area contributed by atoms with E-state index < -0.39 is 5.24 Å². The highest BCUT2D eigenvalue weighted by molar-refractivity contribution is 6.68. The molecule has 1 aromatic heterocycles. The first-order chi connectivity index (χ1) is 12.7. The van der Waals surface area contributed by atoms with Crippen LogP contribution in [0.5, 0.6) is 17.2 Å². The molecule has 1 heterocycles. The van der Waals surface area contributed by atoms with Crippen molar-refractivity contribution in [2.45, 2.75) is 0 Å². The van der Waals surface area contributed by atoms with Crippen molar-refractivity contribution in [2.24, 2.45) is 0 Å². The summed E-state index contributed by atoms with van der Waals surface area (Å²) in [5.74, 6) is 2.10. The molecule has 0 unspecified atom stereocenters. The summed E-state index contributed by atoms with van der Waals surface area (Å²) in [6.07, 6.45) is 1.70. The second-order valence-electron chi connectivity index (χ2n) is 5.76. The van der Waals surface area contributed by atoms with Crippen LogP contribution in [0.25, 0.3) is 21.7 Å². The molecule has 3 aromatic carbocycles. The Balaban J connectivity index is 1.76. The summed E-state index contributed by atoms with van der Waals surface area (Å²) in [5, 5.41) is 2.09. The van der Waals surface area contributed by atoms with Gasteiger partial charge in [0.1, 0.15) is 17.2 Å². The lowest BCUT2D eigenvalue weighted by Gasteiger charge is -2.11. The number of carbonyl (C=O) groups is 1. The maximum absolute atomic E-state index is 11.6. The number of benzene rings is 3. The number of methoxy groups -OCH3 is 1. The second kappa shape index (κ2) is 6.65. The minimum absolute atomic E-state index is 0.474. The maximum Gasteiger partial charge on any atom is 0.253 e. The Morgan fingerprint density at radius 3 is 2.58 bits per heavy atom. The lowest BCUT2D eigenvalue weighted by molar-refractivity contribution is 0.108. The van der Waals surface area contributed by atoms with Crippen LogP contribution in [0, 0.1) is 0 Å². The Kier molecular flexibility index (Phi) is 4.19. The normalized spacial score (nSPS) is 10.8. The lowest BCUT2D eigenvalue weighted by Crippen LogP contribution is -1.92. The molecule has 0 aliphatic rings. The van der Waals surface area contributed by atoms with Gasteiger partial charge in [-0.05, 0) is 64.8 Å². The molecule has 0 amide bonds. The summed E-state index contributed by atoms with van der Waals surface area (Å²) < 4.78 is 11.3. The molecule has 4 nitrogen and oxygen atoms in total. The van der Waals surface area contributed by atoms with Gasteiger partial charge in [-0.1, -0.05) is 12.1 Å². The van der Waals surface area contributed by atoms with Gasteiger partial charge in [0.05, 0.1) is 12.6 Å². The van der Waals surface area contributed by atoms with Crippen LogP contribution in [0.4, 0.5) is 0 Å². The van der Waals surface area contributed by atoms with Gasteiger partial charge in [0.15, 0.2) is 0 Å². The summed E-state index contributed by atoms with van der Waals surface area (Å²) in [7, 11) is 1.62. The van der Waals surface area contributed by atoms with Crippen LogP contribution in [0.15, 0.2) is 66.9 Å². The minimum atomic E-state index is -0.474. The zero-order valence-corrected chi connectivity index (χ0v) is 14.7. The third-order valence-electron chi connectivity index (χ3n) is 4.20. The van der Waals surface area contributed by atoms with E-state index in [4.69, 9.17) is 21.1 Å². The van der Waals surface area contributed by atoms with E-state index in [1.807, 2.05) is 48.5 Å². The van der Waals surface area contributed by atoms with Crippen LogP contribution >= 0.6 is 11.6 Å². The van der Waals surface area contributed by atoms with Crippen LogP contribution in [0.1, 0.15) is 10.4 Å². The van der Waals surface area contributed by atoms with E-state index in [1.165, 1.54) is 0 Å². The van der Waals surface area contributed by atoms with Gasteiger partial charge in [-0.3, -0.25) is 9.78 Å². The van der Waals surface area contributed by atoms with Crippen molar-refractivity contribution < 1.29 is 14.3 Å². The van der Waals surface area contributed by atoms with Gasteiger partial charge in [0.25, 0.3) is 5.24 Å². The summed E-state index contributed by atoms with van der Waals surface area (Å²) in [4.78, 5) is 15.9. The largest absolute Gasteiger partial charge is 0.497 e. The molecule has 0 saturated carbocycles. The van der Waals surface area contributed by atoms with E-state index in [-0.39, 0.29) is 0 Å². The quantitative estimate of drug-likeness (QED) is 0.445. The number of hydrogen-bond donors (Lipinski definition) is 0. The second-order valence-corrected chi connectivity index (χ2v) is 6.10. The number of nitrogens with zero attached hydrogens (tertiary/aromatic N) is 1. The van der Waals surface area contributed by atoms with Gasteiger partial charge in [-0.25, -0.2) is 0 Å². The summed E-state index contributed by atoms with van der Waals surface area (Å²) in [5.41, 5.74) is 1.27. The third kappa shape index (κ3) is 2.95. The highest BCUT2D eigenvalue weighted by atomic mass is 35.5. The molecule has 0 N–H and O–H groups in total. The fourth-order valence-corrected chi connectivity index (χ4v) is 3.11. The van der Waals surface area contributed by atoms with Crippen molar-refractivity contribution in [3.05, 3.63) is 72.4 Å². The first-order valence-corrected chi connectivity index (χ1v) is 8.37. The van der Waals surface area contributed by atoms with Crippen molar-refractivity contribution in [1.29, 1.82) is 0 Å². The van der Waals surface area contributed by atoms with Crippen LogP contribution in [0.2, 0.25) is 0 Å². The van der Waals surface area contributed by atoms with Gasteiger partial charge in [-0.2, -0.15) is 0 Å². The van der Waals surface area contributed by atoms with Gasteiger partial charge >= 0.3 is 0 Å². The average Bonchev–Trinajstić information content (AvgIpc) is 2.67. The Morgan fingerprint density at radius 1 is 0.962 bits per heavy atom. The Labute approximate surface area is 154 Å². The fourth-order valence-electron chi connectivity index (χ4n) is 2.94. The molecule has 0 atom stereocenters. The number of hydrogen-bond acceptors (Lipinski definition) is 4. The molecule has 0 aliphatic heterocycles. The van der Waals surface area contributed by atoms with E-state index in [9.17, 15) is 4.79 Å². The first-order valence-electron chi connectivity index (χ1n) is 7.99. The van der Waals surface area contributed by atoms with Crippen molar-refractivity contribution in [1.82, 2.24) is 4.98 Å². The van der Waals surface area contributed by atoms with Crippen molar-refractivity contribution in [2.75, 3.05) is 7.11 Å². The number of pyridine rings is 1. The predicted molar refractivity (Wildman–Crippen MR) is 103 cm³/mol. The molecular formula is C21H14ClNO3. The predicted octanol–water partition coefficient (Wildman–Crippen LogP) is 5.57. The number of rotatable bonds is 4. The van der Waals surface area contributed by atoms with Gasteiger partial charge in [0.2, 0.25) is 0 Å². The maximum atomic E-state index is 11.6. The molecule has 0 radical (unpaired) electrons. The lowest BCUT2D eigenvalue weighted by atomic mass is 10.1. The van der Waals surface area contributed by atoms with E-state index in [0.717, 1.165) is 27.4 Å². The minimum Gasteiger partial charge on any atom is -0.497 e. The Morgan fingerprint density at radius 2 is 1.77 bits per heavy atom. The topological polar surface area (TPSA) is 48.4 Å². The van der Waals surface area contributed by atoms with E-state index >= 15 is 0 Å². The van der Waals surface area contributed by atoms with Crippen molar-refractivity contribution >= 4 is 38.5 Å². The number of fused-ring (bicyclic) bond motifs is 2. The molecule has 128 valence electrons. The summed E-state index contributed by atoms with van der Waals surface area (Å²) >= 11 is 5.65. The molecule has 0 aliphatic carbocycles. The highest BCUT2D eigenvalue weighted by Gasteiger charge is 2.10. The average molecular weight is 364 g/mol. The van der Waals surface area contributed by atoms with Crippen LogP contribution < -0.4 is 9.47 Å². The molecule has 0 spiro atoms. The highest BCUT2D eigenvalue weighted by Crippen LogP contribution is 2.32. The van der Waals surface area contributed by atoms with Crippen LogP contribution in [-0.2, 0) is 0 Å². The molecule has 0 bridgehead atoms. The SMILES string of the molecule is COc1ccc2c(Oc3ccc4c(C(=O)Cl)cccc4c3)ccnc2c1. The van der Waals surface area contributed by atoms with E-state index in [2.05, 4.69) is 4.98 Å². The van der Waals surface area contributed by atoms with Crippen molar-refractivity contribution in [3.8, 4) is 17.2 Å². The van der Waals surface area contributed by atoms with Crippen LogP contribution in [-0.4, -0.2) is 17.3 Å².